The number of nitrogens with one attached hydrogen (secondary N) is 2. The number of nitrogens with zero attached hydrogens (tertiary/aromatic N) is 2. The van der Waals surface area contributed by atoms with Gasteiger partial charge in [0.1, 0.15) is 5.82 Å². The van der Waals surface area contributed by atoms with Crippen LogP contribution in [0.4, 0.5) is 5.82 Å². The number of β-amino-alcohol motifs (C(OH)–C–C–N with tert-alkyl or cyclic N) is 1. The molecule has 3 N–H and O–H groups in total. The molecule has 6 nitrogen and oxygen atoms in total. The fourth-order valence-electron chi connectivity index (χ4n) is 4.49. The predicted octanol–water partition coefficient (Wildman–Crippen LogP) is 3.61. The number of rotatable bonds is 7. The van der Waals surface area contributed by atoms with Crippen molar-refractivity contribution < 1.29 is 9.90 Å². The van der Waals surface area contributed by atoms with E-state index >= 15 is 0 Å². The van der Waals surface area contributed by atoms with E-state index in [1.54, 1.807) is 18.3 Å². The number of benzene rings is 1. The number of aromatic nitrogens is 1. The zero-order valence-electron chi connectivity index (χ0n) is 17.5. The molecule has 2 aromatic rings. The van der Waals surface area contributed by atoms with Crippen LogP contribution >= 0.6 is 0 Å². The van der Waals surface area contributed by atoms with Gasteiger partial charge in [-0.2, -0.15) is 0 Å². The Morgan fingerprint density at radius 2 is 1.94 bits per heavy atom. The van der Waals surface area contributed by atoms with Crippen LogP contribution in [-0.4, -0.2) is 52.7 Å². The lowest BCUT2D eigenvalue weighted by Crippen LogP contribution is -2.42. The number of aliphatic hydroxyl groups excluding tert-OH is 1. The van der Waals surface area contributed by atoms with E-state index in [1.807, 2.05) is 0 Å². The lowest BCUT2D eigenvalue weighted by molar-refractivity contribution is 0.0842. The van der Waals surface area contributed by atoms with E-state index < -0.39 is 6.10 Å². The van der Waals surface area contributed by atoms with Crippen LogP contribution in [0.15, 0.2) is 42.6 Å². The van der Waals surface area contributed by atoms with Gasteiger partial charge in [0.05, 0.1) is 6.10 Å². The molecule has 31 heavy (non-hydrogen) atoms. The molecule has 0 bridgehead atoms. The van der Waals surface area contributed by atoms with Crippen LogP contribution in [-0.2, 0) is 13.0 Å². The summed E-state index contributed by atoms with van der Waals surface area (Å²) in [5.41, 5.74) is 3.30. The van der Waals surface area contributed by atoms with E-state index in [0.29, 0.717) is 18.2 Å². The van der Waals surface area contributed by atoms with Gasteiger partial charge in [0.15, 0.2) is 0 Å². The second-order valence-corrected chi connectivity index (χ2v) is 8.53. The van der Waals surface area contributed by atoms with Gasteiger partial charge in [0.25, 0.3) is 5.91 Å². The maximum Gasteiger partial charge on any atom is 0.251 e. The maximum absolute atomic E-state index is 12.6. The second-order valence-electron chi connectivity index (χ2n) is 8.53. The molecule has 0 spiro atoms. The van der Waals surface area contributed by atoms with Crippen molar-refractivity contribution in [3.05, 3.63) is 59.3 Å². The third-order valence-corrected chi connectivity index (χ3v) is 6.16. The van der Waals surface area contributed by atoms with Gasteiger partial charge in [-0.05, 0) is 42.5 Å². The summed E-state index contributed by atoms with van der Waals surface area (Å²) in [6.45, 7) is 2.58. The molecule has 1 saturated carbocycles. The normalized spacial score (nSPS) is 17.8. The first-order chi connectivity index (χ1) is 14.7. The maximum atomic E-state index is 12.6. The van der Waals surface area contributed by atoms with Gasteiger partial charge in [0, 0.05) is 44.0 Å². The van der Waals surface area contributed by atoms with Crippen LogP contribution in [0.1, 0.15) is 61.0 Å². The minimum Gasteiger partial charge on any atom is -0.390 e. The fourth-order valence-corrected chi connectivity index (χ4v) is 4.49. The molecule has 1 aromatic heterocycles. The van der Waals surface area contributed by atoms with Crippen LogP contribution < -0.4 is 10.6 Å². The number of pyridine rings is 1. The van der Waals surface area contributed by atoms with E-state index in [9.17, 15) is 9.90 Å². The van der Waals surface area contributed by atoms with Crippen molar-refractivity contribution in [1.82, 2.24) is 15.2 Å². The van der Waals surface area contributed by atoms with Gasteiger partial charge in [-0.25, -0.2) is 4.98 Å². The Kier molecular flexibility index (Phi) is 8.43. The zero-order chi connectivity index (χ0) is 20.8. The predicted molar refractivity (Wildman–Crippen MR) is 125 cm³/mol. The van der Waals surface area contributed by atoms with Gasteiger partial charge in [-0.15, -0.1) is 0 Å². The summed E-state index contributed by atoms with van der Waals surface area (Å²) >= 11 is 0. The van der Waals surface area contributed by atoms with E-state index in [2.05, 4.69) is 44.8 Å². The molecule has 1 fully saturated rings. The van der Waals surface area contributed by atoms with Gasteiger partial charge in [-0.3, -0.25) is 9.69 Å². The van der Waals surface area contributed by atoms with Crippen LogP contribution in [0, 0.1) is 0 Å². The smallest absolute Gasteiger partial charge is 0.251 e. The monoisotopic (exact) mass is 424 g/mol. The molecule has 1 atom stereocenters. The SMILES string of the molecule is C.O=C(NC[C@H](O)CN1CCc2ccccc2C1)c1ccnc(NC2CCCCC2)c1. The number of anilines is 1. The third-order valence-electron chi connectivity index (χ3n) is 6.16. The summed E-state index contributed by atoms with van der Waals surface area (Å²) in [5, 5.41) is 16.8. The molecular weight excluding hydrogens is 388 g/mol. The van der Waals surface area contributed by atoms with Crippen LogP contribution in [0.5, 0.6) is 0 Å². The summed E-state index contributed by atoms with van der Waals surface area (Å²) in [5.74, 6) is 0.578. The van der Waals surface area contributed by atoms with Crippen LogP contribution in [0.2, 0.25) is 0 Å². The number of carbonyl (C=O) groups excluding carboxylic acids is 1. The molecule has 1 aliphatic carbocycles. The van der Waals surface area contributed by atoms with E-state index in [-0.39, 0.29) is 19.9 Å². The number of aliphatic hydroxyl groups is 1. The molecule has 2 aliphatic rings. The first kappa shape index (κ1) is 23.2. The molecule has 1 amide bonds. The first-order valence-corrected chi connectivity index (χ1v) is 11.2. The summed E-state index contributed by atoms with van der Waals surface area (Å²) in [4.78, 5) is 19.2. The molecule has 1 aromatic carbocycles. The highest BCUT2D eigenvalue weighted by atomic mass is 16.3. The first-order valence-electron chi connectivity index (χ1n) is 11.2. The van der Waals surface area contributed by atoms with Crippen molar-refractivity contribution in [2.75, 3.05) is 25.0 Å². The highest BCUT2D eigenvalue weighted by molar-refractivity contribution is 5.94. The number of hydrogen-bond acceptors (Lipinski definition) is 5. The topological polar surface area (TPSA) is 77.5 Å². The molecule has 168 valence electrons. The summed E-state index contributed by atoms with van der Waals surface area (Å²) in [6, 6.07) is 12.4. The number of carbonyl (C=O) groups is 1. The Bertz CT molecular complexity index is 851. The van der Waals surface area contributed by atoms with Crippen molar-refractivity contribution in [3.8, 4) is 0 Å². The van der Waals surface area contributed by atoms with Crippen molar-refractivity contribution in [2.24, 2.45) is 0 Å². The molecule has 0 saturated heterocycles. The average molecular weight is 425 g/mol. The highest BCUT2D eigenvalue weighted by Crippen LogP contribution is 2.21. The van der Waals surface area contributed by atoms with Gasteiger partial charge >= 0.3 is 0 Å². The zero-order valence-corrected chi connectivity index (χ0v) is 17.5. The third kappa shape index (κ3) is 6.52. The Hall–Kier alpha value is -2.44. The second kappa shape index (κ2) is 11.3. The van der Waals surface area contributed by atoms with Gasteiger partial charge in [-0.1, -0.05) is 51.0 Å². The Labute approximate surface area is 186 Å². The fraction of sp³-hybridized carbons (Fsp3) is 0.520. The van der Waals surface area contributed by atoms with Gasteiger partial charge < -0.3 is 15.7 Å². The van der Waals surface area contributed by atoms with Gasteiger partial charge in [0.2, 0.25) is 0 Å². The van der Waals surface area contributed by atoms with Crippen LogP contribution in [0.25, 0.3) is 0 Å². The summed E-state index contributed by atoms with van der Waals surface area (Å²) in [6.07, 6.45) is 8.19. The lowest BCUT2D eigenvalue weighted by Gasteiger charge is -2.30. The minimum absolute atomic E-state index is 0. The molecule has 0 unspecified atom stereocenters. The molecule has 4 rings (SSSR count). The Morgan fingerprint density at radius 1 is 1.16 bits per heavy atom. The van der Waals surface area contributed by atoms with Crippen molar-refractivity contribution >= 4 is 11.7 Å². The van der Waals surface area contributed by atoms with Crippen molar-refractivity contribution in [1.29, 1.82) is 0 Å². The standard InChI is InChI=1S/C24H32N4O2.CH4/c29-22(17-28-13-11-18-6-4-5-7-20(18)16-28)15-26-24(30)19-10-12-25-23(14-19)27-21-8-2-1-3-9-21;/h4-7,10,12,14,21-22,29H,1-3,8-9,11,13,15-17H2,(H,25,27)(H,26,30);1H4/t22-;/m0./s1. The Morgan fingerprint density at radius 3 is 2.74 bits per heavy atom. The van der Waals surface area contributed by atoms with Crippen LogP contribution in [0.3, 0.4) is 0 Å². The number of amides is 1. The van der Waals surface area contributed by atoms with E-state index in [1.165, 1.54) is 30.4 Å². The van der Waals surface area contributed by atoms with Crippen molar-refractivity contribution in [3.63, 3.8) is 0 Å². The molecule has 0 radical (unpaired) electrons. The van der Waals surface area contributed by atoms with E-state index in [4.69, 9.17) is 0 Å². The largest absolute Gasteiger partial charge is 0.390 e. The van der Waals surface area contributed by atoms with Crippen molar-refractivity contribution in [2.45, 2.75) is 64.6 Å². The lowest BCUT2D eigenvalue weighted by atomic mass is 9.95. The number of fused-ring (bicyclic) bond motifs is 1. The quantitative estimate of drug-likeness (QED) is 0.633. The molecule has 6 heteroatoms. The highest BCUT2D eigenvalue weighted by Gasteiger charge is 2.19. The average Bonchev–Trinajstić information content (AvgIpc) is 2.78. The number of hydrogen-bond donors (Lipinski definition) is 3. The van der Waals surface area contributed by atoms with E-state index in [0.717, 1.165) is 38.2 Å². The Balaban J connectivity index is 0.00000272. The molecular formula is C25H36N4O2. The molecule has 1 aliphatic heterocycles. The molecule has 2 heterocycles. The minimum atomic E-state index is -0.596. The summed E-state index contributed by atoms with van der Waals surface area (Å²) in [7, 11) is 0. The summed E-state index contributed by atoms with van der Waals surface area (Å²) < 4.78 is 0.